The van der Waals surface area contributed by atoms with Gasteiger partial charge in [0.1, 0.15) is 11.5 Å². The van der Waals surface area contributed by atoms with E-state index in [-0.39, 0.29) is 17.6 Å². The quantitative estimate of drug-likeness (QED) is 0.496. The van der Waals surface area contributed by atoms with Crippen LogP contribution in [0.25, 0.3) is 0 Å². The maximum Gasteiger partial charge on any atom is 0.335 e. The van der Waals surface area contributed by atoms with Crippen LogP contribution in [0, 0.1) is 11.8 Å². The highest BCUT2D eigenvalue weighted by Crippen LogP contribution is 2.30. The first-order chi connectivity index (χ1) is 11.0. The minimum atomic E-state index is -0.763. The Kier molecular flexibility index (Phi) is 5.68. The highest BCUT2D eigenvalue weighted by Gasteiger charge is 2.29. The molecule has 2 rings (SSSR count). The van der Waals surface area contributed by atoms with Gasteiger partial charge in [-0.25, -0.2) is 4.79 Å². The standard InChI is InChI=1S/C18H20O5/c1-2-17(20)23-15-9-3-12(4-10-15)11-16(19)13-5-7-14(8-6-13)18(21)22/h2-4,9-10,13-14H,1,5-8,11H2,(H,21,22)/t13-,14-. The molecule has 1 fully saturated rings. The van der Waals surface area contributed by atoms with Gasteiger partial charge in [0.25, 0.3) is 0 Å². The number of benzene rings is 1. The highest BCUT2D eigenvalue weighted by atomic mass is 16.5. The smallest absolute Gasteiger partial charge is 0.335 e. The molecule has 0 atom stereocenters. The van der Waals surface area contributed by atoms with Crippen molar-refractivity contribution >= 4 is 17.7 Å². The van der Waals surface area contributed by atoms with Crippen molar-refractivity contribution in [3.05, 3.63) is 42.5 Å². The topological polar surface area (TPSA) is 80.7 Å². The molecule has 0 aliphatic heterocycles. The van der Waals surface area contributed by atoms with E-state index in [1.54, 1.807) is 24.3 Å². The van der Waals surface area contributed by atoms with Crippen molar-refractivity contribution in [2.45, 2.75) is 32.1 Å². The monoisotopic (exact) mass is 316 g/mol. The summed E-state index contributed by atoms with van der Waals surface area (Å²) >= 11 is 0. The number of carbonyl (C=O) groups is 3. The van der Waals surface area contributed by atoms with Gasteiger partial charge in [0.15, 0.2) is 0 Å². The summed E-state index contributed by atoms with van der Waals surface area (Å²) in [6, 6.07) is 6.80. The van der Waals surface area contributed by atoms with E-state index in [1.165, 1.54) is 0 Å². The van der Waals surface area contributed by atoms with E-state index < -0.39 is 11.9 Å². The third kappa shape index (κ3) is 4.77. The molecule has 0 amide bonds. The molecule has 122 valence electrons. The fraction of sp³-hybridized carbons (Fsp3) is 0.389. The van der Waals surface area contributed by atoms with Gasteiger partial charge < -0.3 is 9.84 Å². The van der Waals surface area contributed by atoms with Crippen LogP contribution >= 0.6 is 0 Å². The van der Waals surface area contributed by atoms with Crippen molar-refractivity contribution in [2.24, 2.45) is 11.8 Å². The average molecular weight is 316 g/mol. The number of carboxylic acids is 1. The summed E-state index contributed by atoms with van der Waals surface area (Å²) in [4.78, 5) is 34.3. The lowest BCUT2D eigenvalue weighted by molar-refractivity contribution is -0.144. The zero-order chi connectivity index (χ0) is 16.8. The van der Waals surface area contributed by atoms with Gasteiger partial charge in [-0.2, -0.15) is 0 Å². The Bertz CT molecular complexity index is 594. The van der Waals surface area contributed by atoms with Crippen molar-refractivity contribution in [3.63, 3.8) is 0 Å². The van der Waals surface area contributed by atoms with Crippen LogP contribution in [0.2, 0.25) is 0 Å². The Morgan fingerprint density at radius 1 is 1.09 bits per heavy atom. The van der Waals surface area contributed by atoms with Crippen LogP contribution < -0.4 is 4.74 Å². The molecule has 0 radical (unpaired) electrons. The van der Waals surface area contributed by atoms with E-state index in [1.807, 2.05) is 0 Å². The van der Waals surface area contributed by atoms with E-state index in [2.05, 4.69) is 6.58 Å². The van der Waals surface area contributed by atoms with Crippen molar-refractivity contribution in [1.29, 1.82) is 0 Å². The molecule has 1 saturated carbocycles. The first-order valence-electron chi connectivity index (χ1n) is 7.68. The number of hydrogen-bond donors (Lipinski definition) is 1. The first kappa shape index (κ1) is 16.9. The maximum absolute atomic E-state index is 12.3. The second kappa shape index (κ2) is 7.72. The molecule has 0 bridgehead atoms. The highest BCUT2D eigenvalue weighted by molar-refractivity contribution is 5.84. The van der Waals surface area contributed by atoms with Crippen molar-refractivity contribution in [3.8, 4) is 5.75 Å². The van der Waals surface area contributed by atoms with Gasteiger partial charge in [0.2, 0.25) is 0 Å². The molecule has 0 heterocycles. The van der Waals surface area contributed by atoms with Gasteiger partial charge >= 0.3 is 11.9 Å². The Morgan fingerprint density at radius 3 is 2.17 bits per heavy atom. The number of carboxylic acid groups (broad SMARTS) is 1. The molecule has 5 heteroatoms. The maximum atomic E-state index is 12.3. The van der Waals surface area contributed by atoms with Crippen molar-refractivity contribution < 1.29 is 24.2 Å². The van der Waals surface area contributed by atoms with Gasteiger partial charge in [-0.3, -0.25) is 9.59 Å². The number of esters is 1. The van der Waals surface area contributed by atoms with E-state index in [0.29, 0.717) is 37.9 Å². The molecule has 0 saturated heterocycles. The largest absolute Gasteiger partial charge is 0.481 e. The predicted octanol–water partition coefficient (Wildman–Crippen LogP) is 2.78. The number of aliphatic carboxylic acids is 1. The summed E-state index contributed by atoms with van der Waals surface area (Å²) in [5, 5.41) is 8.98. The molecule has 5 nitrogen and oxygen atoms in total. The Labute approximate surface area is 135 Å². The number of hydrogen-bond acceptors (Lipinski definition) is 4. The summed E-state index contributed by atoms with van der Waals surface area (Å²) < 4.78 is 4.98. The number of carbonyl (C=O) groups excluding carboxylic acids is 2. The first-order valence-corrected chi connectivity index (χ1v) is 7.68. The van der Waals surface area contributed by atoms with Crippen LogP contribution in [0.15, 0.2) is 36.9 Å². The van der Waals surface area contributed by atoms with Crippen molar-refractivity contribution in [2.75, 3.05) is 0 Å². The van der Waals surface area contributed by atoms with Crippen LogP contribution in [0.1, 0.15) is 31.2 Å². The minimum absolute atomic E-state index is 0.0520. The lowest BCUT2D eigenvalue weighted by atomic mass is 9.79. The summed E-state index contributed by atoms with van der Waals surface area (Å²) in [5.41, 5.74) is 0.855. The summed E-state index contributed by atoms with van der Waals surface area (Å²) in [7, 11) is 0. The van der Waals surface area contributed by atoms with Crippen LogP contribution in [0.3, 0.4) is 0 Å². The summed E-state index contributed by atoms with van der Waals surface area (Å²) in [6.07, 6.45) is 3.84. The molecular weight excluding hydrogens is 296 g/mol. The third-order valence-corrected chi connectivity index (χ3v) is 4.22. The van der Waals surface area contributed by atoms with Crippen LogP contribution in [0.4, 0.5) is 0 Å². The number of ketones is 1. The zero-order valence-electron chi connectivity index (χ0n) is 12.9. The second-order valence-electron chi connectivity index (χ2n) is 5.80. The third-order valence-electron chi connectivity index (χ3n) is 4.22. The Morgan fingerprint density at radius 2 is 1.65 bits per heavy atom. The molecule has 0 aromatic heterocycles. The van der Waals surface area contributed by atoms with E-state index in [4.69, 9.17) is 9.84 Å². The fourth-order valence-electron chi connectivity index (χ4n) is 2.84. The molecule has 1 aliphatic carbocycles. The normalized spacial score (nSPS) is 20.5. The Balaban J connectivity index is 1.87. The molecular formula is C18H20O5. The minimum Gasteiger partial charge on any atom is -0.481 e. The average Bonchev–Trinajstić information content (AvgIpc) is 2.56. The van der Waals surface area contributed by atoms with E-state index in [0.717, 1.165) is 11.6 Å². The second-order valence-corrected chi connectivity index (χ2v) is 5.80. The molecule has 1 N–H and O–H groups in total. The van der Waals surface area contributed by atoms with Crippen LogP contribution in [0.5, 0.6) is 5.75 Å². The van der Waals surface area contributed by atoms with Crippen LogP contribution in [-0.4, -0.2) is 22.8 Å². The van der Waals surface area contributed by atoms with Gasteiger partial charge in [-0.15, -0.1) is 0 Å². The summed E-state index contributed by atoms with van der Waals surface area (Å²) in [6.45, 7) is 3.33. The molecule has 23 heavy (non-hydrogen) atoms. The van der Waals surface area contributed by atoms with E-state index >= 15 is 0 Å². The number of ether oxygens (including phenoxy) is 1. The van der Waals surface area contributed by atoms with Crippen molar-refractivity contribution in [1.82, 2.24) is 0 Å². The molecule has 1 aliphatic rings. The molecule has 0 unspecified atom stereocenters. The number of Topliss-reactive ketones (excluding diaryl/α,β-unsaturated/α-hetero) is 1. The Hall–Kier alpha value is -2.43. The molecule has 0 spiro atoms. The predicted molar refractivity (Wildman–Crippen MR) is 84.1 cm³/mol. The lowest BCUT2D eigenvalue weighted by Gasteiger charge is -2.25. The van der Waals surface area contributed by atoms with E-state index in [9.17, 15) is 14.4 Å². The SMILES string of the molecule is C=CC(=O)Oc1ccc(CC(=O)[C@H]2CC[C@H](C(=O)O)CC2)cc1. The van der Waals surface area contributed by atoms with Gasteiger partial charge in [-0.1, -0.05) is 18.7 Å². The summed E-state index contributed by atoms with van der Waals surface area (Å²) in [5.74, 6) is -1.09. The zero-order valence-corrected chi connectivity index (χ0v) is 12.9. The van der Waals surface area contributed by atoms with Crippen LogP contribution in [-0.2, 0) is 20.8 Å². The lowest BCUT2D eigenvalue weighted by Crippen LogP contribution is -2.26. The molecule has 1 aromatic rings. The van der Waals surface area contributed by atoms with Gasteiger partial charge in [0.05, 0.1) is 5.92 Å². The molecule has 1 aromatic carbocycles. The van der Waals surface area contributed by atoms with Gasteiger partial charge in [-0.05, 0) is 43.4 Å². The van der Waals surface area contributed by atoms with Gasteiger partial charge in [0, 0.05) is 18.4 Å². The fourth-order valence-corrected chi connectivity index (χ4v) is 2.84. The number of rotatable bonds is 6.